The number of nitriles is 1. The maximum absolute atomic E-state index is 14.7. The van der Waals surface area contributed by atoms with Crippen LogP contribution in [0.25, 0.3) is 0 Å². The number of fused-ring (bicyclic) bond motifs is 7. The zero-order valence-electron chi connectivity index (χ0n) is 32.7. The summed E-state index contributed by atoms with van der Waals surface area (Å²) < 4.78 is 27.0. The van der Waals surface area contributed by atoms with Gasteiger partial charge in [0, 0.05) is 29.8 Å². The number of nitrogens with zero attached hydrogens (tertiary/aromatic N) is 1. The molecule has 5 fully saturated rings. The highest BCUT2D eigenvalue weighted by Gasteiger charge is 2.72. The third kappa shape index (κ3) is 5.64. The summed E-state index contributed by atoms with van der Waals surface area (Å²) >= 11 is 0. The van der Waals surface area contributed by atoms with Crippen LogP contribution in [0.15, 0.2) is 70.5 Å². The van der Waals surface area contributed by atoms with E-state index in [1.807, 2.05) is 0 Å². The molecule has 8 heteroatoms. The maximum Gasteiger partial charge on any atom is 0.230 e. The lowest BCUT2D eigenvalue weighted by Gasteiger charge is -2.72. The molecule has 0 saturated heterocycles. The van der Waals surface area contributed by atoms with Crippen LogP contribution in [0.5, 0.6) is 0 Å². The summed E-state index contributed by atoms with van der Waals surface area (Å²) in [6.45, 7) is 19.2. The Kier molecular flexibility index (Phi) is 9.36. The summed E-state index contributed by atoms with van der Waals surface area (Å²) in [7, 11) is -3.76. The minimum absolute atomic E-state index is 0.0684. The van der Waals surface area contributed by atoms with Gasteiger partial charge in [-0.2, -0.15) is 5.26 Å². The van der Waals surface area contributed by atoms with Gasteiger partial charge >= 0.3 is 0 Å². The number of hydrogen-bond acceptors (Lipinski definition) is 6. The Morgan fingerprint density at radius 1 is 0.830 bits per heavy atom. The van der Waals surface area contributed by atoms with Crippen molar-refractivity contribution in [2.75, 3.05) is 17.2 Å². The van der Waals surface area contributed by atoms with Crippen LogP contribution in [0.3, 0.4) is 0 Å². The number of carbonyl (C=O) groups excluding carboxylic acids is 2. The lowest BCUT2D eigenvalue weighted by Crippen LogP contribution is -2.67. The predicted molar refractivity (Wildman–Crippen MR) is 210 cm³/mol. The van der Waals surface area contributed by atoms with Gasteiger partial charge in [-0.15, -0.1) is 0 Å². The quantitative estimate of drug-likeness (QED) is 0.206. The molecular weight excluding hydrogens is 679 g/mol. The van der Waals surface area contributed by atoms with Crippen LogP contribution in [0, 0.1) is 68.0 Å². The van der Waals surface area contributed by atoms with Gasteiger partial charge in [0.2, 0.25) is 15.7 Å². The predicted octanol–water partition coefficient (Wildman–Crippen LogP) is 10.0. The van der Waals surface area contributed by atoms with Gasteiger partial charge in [0.05, 0.1) is 27.7 Å². The second-order valence-corrected chi connectivity index (χ2v) is 20.8. The molecule has 5 aliphatic carbocycles. The molecule has 0 bridgehead atoms. The second-order valence-electron chi connectivity index (χ2n) is 18.8. The first-order chi connectivity index (χ1) is 25.0. The van der Waals surface area contributed by atoms with E-state index in [1.165, 1.54) is 5.57 Å². The normalized spacial score (nSPS) is 37.2. The summed E-state index contributed by atoms with van der Waals surface area (Å²) in [4.78, 5) is 28.3. The zero-order valence-corrected chi connectivity index (χ0v) is 33.5. The average molecular weight is 738 g/mol. The van der Waals surface area contributed by atoms with Crippen molar-refractivity contribution in [1.29, 1.82) is 5.26 Å². The fourth-order valence-electron chi connectivity index (χ4n) is 13.5. The average Bonchev–Trinajstić information content (AvgIpc) is 3.53. The van der Waals surface area contributed by atoms with Crippen molar-refractivity contribution in [2.45, 2.75) is 122 Å². The Morgan fingerprint density at radius 3 is 2.09 bits per heavy atom. The van der Waals surface area contributed by atoms with Gasteiger partial charge in [-0.1, -0.05) is 46.8 Å². The summed E-state index contributed by atoms with van der Waals surface area (Å²) in [6, 6.07) is 15.3. The van der Waals surface area contributed by atoms with E-state index in [2.05, 4.69) is 64.8 Å². The SMILES string of the molecule is C=C(C)[C@@H]1CC[C@]2(C(=O)Nc3ccc(S(=O)(=O)c4ccc(NCCC#N)cc4)cc3)CC[C@]3(C)[C@H](CC[C@@H]4[C@@]5(C)CCC(=O)C(C)(C)[C@@H]5CC[C@]43C)[C@@H]12. The van der Waals surface area contributed by atoms with Gasteiger partial charge in [0.25, 0.3) is 0 Å². The summed E-state index contributed by atoms with van der Waals surface area (Å²) in [5.74, 6) is 2.41. The lowest BCUT2D eigenvalue weighted by atomic mass is 9.32. The Balaban J connectivity index is 1.13. The van der Waals surface area contributed by atoms with Crippen LogP contribution >= 0.6 is 0 Å². The maximum atomic E-state index is 14.7. The van der Waals surface area contributed by atoms with Crippen LogP contribution in [0.1, 0.15) is 112 Å². The number of allylic oxidation sites excluding steroid dienone is 1. The summed E-state index contributed by atoms with van der Waals surface area (Å²) in [5.41, 5.74) is 2.16. The van der Waals surface area contributed by atoms with Gasteiger partial charge in [-0.3, -0.25) is 9.59 Å². The van der Waals surface area contributed by atoms with Crippen LogP contribution in [0.4, 0.5) is 11.4 Å². The van der Waals surface area contributed by atoms with E-state index >= 15 is 0 Å². The van der Waals surface area contributed by atoms with Crippen LogP contribution < -0.4 is 10.6 Å². The fraction of sp³-hybridized carbons (Fsp3) is 0.622. The molecule has 0 spiro atoms. The Bertz CT molecular complexity index is 1950. The monoisotopic (exact) mass is 737 g/mol. The van der Waals surface area contributed by atoms with Gasteiger partial charge in [-0.25, -0.2) is 8.42 Å². The first-order valence-corrected chi connectivity index (χ1v) is 21.5. The largest absolute Gasteiger partial charge is 0.384 e. The molecule has 0 unspecified atom stereocenters. The third-order valence-electron chi connectivity index (χ3n) is 16.4. The number of nitrogens with one attached hydrogen (secondary N) is 2. The number of hydrogen-bond donors (Lipinski definition) is 2. The molecule has 5 aliphatic rings. The summed E-state index contributed by atoms with van der Waals surface area (Å²) in [5, 5.41) is 15.2. The number of rotatable bonds is 8. The molecule has 0 heterocycles. The van der Waals surface area contributed by atoms with Gasteiger partial charge < -0.3 is 10.6 Å². The van der Waals surface area contributed by atoms with Crippen molar-refractivity contribution in [3.05, 3.63) is 60.7 Å². The number of sulfone groups is 1. The zero-order chi connectivity index (χ0) is 38.2. The number of anilines is 2. The van der Waals surface area contributed by atoms with E-state index in [0.29, 0.717) is 54.5 Å². The van der Waals surface area contributed by atoms with Crippen LogP contribution in [0.2, 0.25) is 0 Å². The lowest BCUT2D eigenvalue weighted by molar-refractivity contribution is -0.232. The van der Waals surface area contributed by atoms with E-state index in [9.17, 15) is 18.0 Å². The molecule has 2 aromatic carbocycles. The minimum Gasteiger partial charge on any atom is -0.384 e. The van der Waals surface area contributed by atoms with E-state index in [4.69, 9.17) is 5.26 Å². The molecule has 1 amide bonds. The summed E-state index contributed by atoms with van der Waals surface area (Å²) in [6.07, 6.45) is 10.2. The molecule has 7 nitrogen and oxygen atoms in total. The Morgan fingerprint density at radius 2 is 1.47 bits per heavy atom. The van der Waals surface area contributed by atoms with Crippen molar-refractivity contribution < 1.29 is 18.0 Å². The van der Waals surface area contributed by atoms with Crippen LogP contribution in [-0.4, -0.2) is 26.7 Å². The van der Waals surface area contributed by atoms with Gasteiger partial charge in [0.15, 0.2) is 0 Å². The number of ketones is 1. The van der Waals surface area contributed by atoms with E-state index < -0.39 is 15.3 Å². The Hall–Kier alpha value is -3.44. The third-order valence-corrected chi connectivity index (χ3v) is 18.2. The standard InChI is InChI=1S/C45H59N3O4S/c1-29(2)34-19-24-45(40(50)48-31-11-15-33(16-12-31)53(51,52)32-13-9-30(10-14-32)47-28-8-27-46)26-25-43(6)35(39(34)45)17-18-37-42(5)22-21-38(49)41(3,4)36(42)20-23-44(37,43)7/h9-16,34-37,39,47H,1,8,17-26,28H2,2-7H3,(H,48,50)/t34-,35+,36-,37+,39+,42-,43+,44+,45-/m0/s1. The van der Waals surface area contributed by atoms with Crippen LogP contribution in [-0.2, 0) is 19.4 Å². The highest BCUT2D eigenvalue weighted by molar-refractivity contribution is 7.91. The topological polar surface area (TPSA) is 116 Å². The number of amides is 1. The number of Topliss-reactive ketones (excluding diaryl/α,β-unsaturated/α-hetero) is 1. The molecule has 0 radical (unpaired) electrons. The van der Waals surface area contributed by atoms with E-state index in [-0.39, 0.29) is 43.3 Å². The van der Waals surface area contributed by atoms with Crippen molar-refractivity contribution in [3.8, 4) is 6.07 Å². The van der Waals surface area contributed by atoms with E-state index in [0.717, 1.165) is 63.5 Å². The van der Waals surface area contributed by atoms with E-state index in [1.54, 1.807) is 48.5 Å². The smallest absolute Gasteiger partial charge is 0.230 e. The molecule has 53 heavy (non-hydrogen) atoms. The first-order valence-electron chi connectivity index (χ1n) is 20.0. The second kappa shape index (κ2) is 13.1. The molecule has 2 aromatic rings. The van der Waals surface area contributed by atoms with Crippen molar-refractivity contribution in [1.82, 2.24) is 0 Å². The first kappa shape index (κ1) is 37.9. The molecule has 5 saturated carbocycles. The van der Waals surface area contributed by atoms with Gasteiger partial charge in [-0.05, 0) is 159 Å². The van der Waals surface area contributed by atoms with Crippen molar-refractivity contribution in [3.63, 3.8) is 0 Å². The fourth-order valence-corrected chi connectivity index (χ4v) is 14.7. The highest BCUT2D eigenvalue weighted by Crippen LogP contribution is 2.77. The molecular formula is C45H59N3O4S. The van der Waals surface area contributed by atoms with Crippen molar-refractivity contribution in [2.24, 2.45) is 56.7 Å². The Labute approximate surface area is 317 Å². The molecule has 7 rings (SSSR count). The highest BCUT2D eigenvalue weighted by atomic mass is 32.2. The minimum atomic E-state index is -3.76. The van der Waals surface area contributed by atoms with Crippen molar-refractivity contribution >= 4 is 32.9 Å². The number of carbonyl (C=O) groups is 2. The van der Waals surface area contributed by atoms with Gasteiger partial charge in [0.1, 0.15) is 5.78 Å². The molecule has 0 aliphatic heterocycles. The number of benzene rings is 2. The molecule has 2 N–H and O–H groups in total. The molecule has 0 aromatic heterocycles. The molecule has 284 valence electrons. The molecule has 9 atom stereocenters.